The highest BCUT2D eigenvalue weighted by atomic mass is 16.5. The van der Waals surface area contributed by atoms with Crippen molar-refractivity contribution in [2.75, 3.05) is 12.4 Å². The van der Waals surface area contributed by atoms with Crippen LogP contribution in [0.15, 0.2) is 6.07 Å². The summed E-state index contributed by atoms with van der Waals surface area (Å²) in [5, 5.41) is 7.92. The number of hydrogen-bond donors (Lipinski definition) is 1. The van der Waals surface area contributed by atoms with Crippen LogP contribution in [0.1, 0.15) is 33.1 Å². The fourth-order valence-electron chi connectivity index (χ4n) is 2.60. The van der Waals surface area contributed by atoms with Gasteiger partial charge in [-0.3, -0.25) is 0 Å². The molecule has 1 aromatic rings. The van der Waals surface area contributed by atoms with Gasteiger partial charge in [0, 0.05) is 19.2 Å². The summed E-state index contributed by atoms with van der Waals surface area (Å²) in [5.41, 5.74) is 0. The molecule has 96 valence electrons. The third-order valence-electron chi connectivity index (χ3n) is 4.00. The maximum atomic E-state index is 5.21. The first-order chi connectivity index (χ1) is 8.10. The molecule has 0 spiro atoms. The number of rotatable bonds is 3. The summed E-state index contributed by atoms with van der Waals surface area (Å²) in [4.78, 5) is 0. The topological polar surface area (TPSA) is 39.1 Å². The predicted molar refractivity (Wildman–Crippen MR) is 69.3 cm³/mol. The zero-order chi connectivity index (χ0) is 12.4. The molecule has 17 heavy (non-hydrogen) atoms. The van der Waals surface area contributed by atoms with Gasteiger partial charge in [0.1, 0.15) is 0 Å². The monoisotopic (exact) mass is 237 g/mol. The molecule has 0 radical (unpaired) electrons. The second kappa shape index (κ2) is 4.98. The molecule has 2 rings (SSSR count). The van der Waals surface area contributed by atoms with E-state index in [9.17, 15) is 0 Å². The maximum absolute atomic E-state index is 5.21. The third-order valence-corrected chi connectivity index (χ3v) is 4.00. The van der Waals surface area contributed by atoms with Crippen LogP contribution in [0.5, 0.6) is 5.88 Å². The Bertz CT molecular complexity index is 375. The average molecular weight is 237 g/mol. The lowest BCUT2D eigenvalue weighted by atomic mass is 9.79. The molecule has 0 amide bonds. The van der Waals surface area contributed by atoms with Crippen molar-refractivity contribution >= 4 is 5.82 Å². The van der Waals surface area contributed by atoms with Gasteiger partial charge < -0.3 is 10.1 Å². The van der Waals surface area contributed by atoms with Gasteiger partial charge in [0.15, 0.2) is 5.82 Å². The van der Waals surface area contributed by atoms with Crippen LogP contribution in [-0.4, -0.2) is 22.9 Å². The molecule has 0 bridgehead atoms. The first kappa shape index (κ1) is 12.3. The Morgan fingerprint density at radius 1 is 1.35 bits per heavy atom. The number of ether oxygens (including phenoxy) is 1. The molecule has 0 aliphatic heterocycles. The molecule has 1 N–H and O–H groups in total. The zero-order valence-corrected chi connectivity index (χ0v) is 11.2. The highest BCUT2D eigenvalue weighted by Gasteiger charge is 2.24. The van der Waals surface area contributed by atoms with Gasteiger partial charge in [-0.2, -0.15) is 5.10 Å². The molecule has 0 saturated heterocycles. The summed E-state index contributed by atoms with van der Waals surface area (Å²) in [6.45, 7) is 4.70. The summed E-state index contributed by atoms with van der Waals surface area (Å²) < 4.78 is 6.97. The van der Waals surface area contributed by atoms with E-state index in [1.807, 2.05) is 13.1 Å². The number of nitrogens with zero attached hydrogens (tertiary/aromatic N) is 2. The van der Waals surface area contributed by atoms with Gasteiger partial charge in [-0.05, 0) is 31.1 Å². The number of aryl methyl sites for hydroxylation is 1. The smallest absolute Gasteiger partial charge is 0.213 e. The molecule has 3 unspecified atom stereocenters. The molecule has 1 aliphatic carbocycles. The summed E-state index contributed by atoms with van der Waals surface area (Å²) in [6, 6.07) is 2.52. The van der Waals surface area contributed by atoms with Gasteiger partial charge in [-0.25, -0.2) is 4.68 Å². The minimum Gasteiger partial charge on any atom is -0.481 e. The quantitative estimate of drug-likeness (QED) is 0.878. The fraction of sp³-hybridized carbons (Fsp3) is 0.769. The Morgan fingerprint density at radius 2 is 2.12 bits per heavy atom. The normalized spacial score (nSPS) is 29.1. The van der Waals surface area contributed by atoms with Crippen LogP contribution in [0.2, 0.25) is 0 Å². The van der Waals surface area contributed by atoms with Crippen LogP contribution < -0.4 is 10.1 Å². The van der Waals surface area contributed by atoms with Crippen molar-refractivity contribution in [1.82, 2.24) is 9.78 Å². The van der Waals surface area contributed by atoms with Crippen molar-refractivity contribution in [1.29, 1.82) is 0 Å². The number of methoxy groups -OCH3 is 1. The highest BCUT2D eigenvalue weighted by Crippen LogP contribution is 2.31. The lowest BCUT2D eigenvalue weighted by Gasteiger charge is -2.32. The lowest BCUT2D eigenvalue weighted by Crippen LogP contribution is -2.30. The summed E-state index contributed by atoms with van der Waals surface area (Å²) in [5.74, 6) is 3.37. The van der Waals surface area contributed by atoms with Crippen LogP contribution in [0, 0.1) is 11.8 Å². The molecular weight excluding hydrogens is 214 g/mol. The number of aromatic nitrogens is 2. The molecule has 1 aromatic heterocycles. The molecule has 4 nitrogen and oxygen atoms in total. The van der Waals surface area contributed by atoms with Crippen molar-refractivity contribution in [3.63, 3.8) is 0 Å². The minimum atomic E-state index is 0.556. The van der Waals surface area contributed by atoms with Crippen molar-refractivity contribution < 1.29 is 4.74 Å². The Morgan fingerprint density at radius 3 is 2.71 bits per heavy atom. The molecular formula is C13H23N3O. The third kappa shape index (κ3) is 2.73. The van der Waals surface area contributed by atoms with E-state index in [0.717, 1.165) is 23.5 Å². The number of anilines is 1. The van der Waals surface area contributed by atoms with Crippen molar-refractivity contribution in [2.45, 2.75) is 39.2 Å². The Labute approximate surface area is 103 Å². The summed E-state index contributed by atoms with van der Waals surface area (Å²) in [6.07, 6.45) is 3.78. The zero-order valence-electron chi connectivity index (χ0n) is 11.2. The van der Waals surface area contributed by atoms with E-state index in [1.165, 1.54) is 19.3 Å². The van der Waals surface area contributed by atoms with E-state index >= 15 is 0 Å². The van der Waals surface area contributed by atoms with Crippen LogP contribution in [0.4, 0.5) is 5.82 Å². The minimum absolute atomic E-state index is 0.556. The van der Waals surface area contributed by atoms with Crippen LogP contribution >= 0.6 is 0 Å². The van der Waals surface area contributed by atoms with Crippen molar-refractivity contribution in [3.8, 4) is 5.88 Å². The highest BCUT2D eigenvalue weighted by molar-refractivity contribution is 5.39. The Kier molecular flexibility index (Phi) is 3.60. The van der Waals surface area contributed by atoms with Crippen LogP contribution in [-0.2, 0) is 7.05 Å². The Balaban J connectivity index is 1.96. The van der Waals surface area contributed by atoms with Gasteiger partial charge in [-0.1, -0.05) is 13.8 Å². The van der Waals surface area contributed by atoms with E-state index in [0.29, 0.717) is 6.04 Å². The first-order valence-corrected chi connectivity index (χ1v) is 6.44. The lowest BCUT2D eigenvalue weighted by molar-refractivity contribution is 0.260. The van der Waals surface area contributed by atoms with Gasteiger partial charge in [0.2, 0.25) is 5.88 Å². The van der Waals surface area contributed by atoms with Crippen molar-refractivity contribution in [3.05, 3.63) is 6.07 Å². The molecule has 3 atom stereocenters. The van der Waals surface area contributed by atoms with E-state index in [-0.39, 0.29) is 0 Å². The van der Waals surface area contributed by atoms with Crippen LogP contribution in [0.3, 0.4) is 0 Å². The first-order valence-electron chi connectivity index (χ1n) is 6.44. The standard InChI is InChI=1S/C13H23N3O/c1-9-5-6-11(7-10(9)2)14-12-8-13(17-4)16(3)15-12/h8-11H,5-7H2,1-4H3,(H,14,15). The van der Waals surface area contributed by atoms with Gasteiger partial charge in [-0.15, -0.1) is 0 Å². The van der Waals surface area contributed by atoms with Gasteiger partial charge >= 0.3 is 0 Å². The molecule has 4 heteroatoms. The van der Waals surface area contributed by atoms with E-state index in [1.54, 1.807) is 11.8 Å². The predicted octanol–water partition coefficient (Wildman–Crippen LogP) is 2.67. The fourth-order valence-corrected chi connectivity index (χ4v) is 2.60. The largest absolute Gasteiger partial charge is 0.481 e. The molecule has 0 aromatic carbocycles. The summed E-state index contributed by atoms with van der Waals surface area (Å²) >= 11 is 0. The molecule has 1 aliphatic rings. The molecule has 1 fully saturated rings. The van der Waals surface area contributed by atoms with Gasteiger partial charge in [0.25, 0.3) is 0 Å². The van der Waals surface area contributed by atoms with Crippen molar-refractivity contribution in [2.24, 2.45) is 18.9 Å². The molecule has 1 saturated carbocycles. The molecule has 1 heterocycles. The number of hydrogen-bond acceptors (Lipinski definition) is 3. The van der Waals surface area contributed by atoms with E-state index in [4.69, 9.17) is 4.74 Å². The van der Waals surface area contributed by atoms with E-state index in [2.05, 4.69) is 24.3 Å². The van der Waals surface area contributed by atoms with E-state index < -0.39 is 0 Å². The SMILES string of the molecule is COc1cc(NC2CCC(C)C(C)C2)nn1C. The van der Waals surface area contributed by atoms with Crippen LogP contribution in [0.25, 0.3) is 0 Å². The Hall–Kier alpha value is -1.19. The maximum Gasteiger partial charge on any atom is 0.213 e. The van der Waals surface area contributed by atoms with Gasteiger partial charge in [0.05, 0.1) is 7.11 Å². The number of nitrogens with one attached hydrogen (secondary N) is 1. The average Bonchev–Trinajstić information content (AvgIpc) is 2.64. The second-order valence-corrected chi connectivity index (χ2v) is 5.30. The summed E-state index contributed by atoms with van der Waals surface area (Å²) in [7, 11) is 3.57. The second-order valence-electron chi connectivity index (χ2n) is 5.30.